The summed E-state index contributed by atoms with van der Waals surface area (Å²) in [4.78, 5) is 69.1. The van der Waals surface area contributed by atoms with Crippen LogP contribution < -0.4 is 30.7 Å². The number of halogens is 1. The standard InChI is InChI=1S/C36H40ClN5O7/c37-25-13-15-26(16-14-25)48-21-18-39-35(46)29-23-32(43)42-19-6-11-30(42)36(47)41-28(22-24-8-2-1-3-9-24)34(45)38-17-7-20-49-31-12-5-4-10-27(31)33(44)40-29/h1-5,8-10,12-16,28-30H,6-7,11,17-23H2,(H,38,45)(H,39,46)(H,40,44)(H,41,47)/t28-,29-,30+/m0/s1. The monoisotopic (exact) mass is 689 g/mol. The highest BCUT2D eigenvalue weighted by molar-refractivity contribution is 6.30. The van der Waals surface area contributed by atoms with Crippen molar-refractivity contribution >= 4 is 41.1 Å². The third kappa shape index (κ3) is 9.96. The summed E-state index contributed by atoms with van der Waals surface area (Å²) in [5, 5.41) is 11.8. The fourth-order valence-electron chi connectivity index (χ4n) is 5.77. The fourth-order valence-corrected chi connectivity index (χ4v) is 5.89. The van der Waals surface area contributed by atoms with Gasteiger partial charge in [0.2, 0.25) is 23.6 Å². The second kappa shape index (κ2) is 17.3. The van der Waals surface area contributed by atoms with Crippen molar-refractivity contribution in [2.24, 2.45) is 0 Å². The second-order valence-electron chi connectivity index (χ2n) is 11.8. The van der Waals surface area contributed by atoms with Gasteiger partial charge in [0.15, 0.2) is 0 Å². The summed E-state index contributed by atoms with van der Waals surface area (Å²) >= 11 is 5.93. The summed E-state index contributed by atoms with van der Waals surface area (Å²) < 4.78 is 11.6. The van der Waals surface area contributed by atoms with E-state index in [1.807, 2.05) is 30.3 Å². The van der Waals surface area contributed by atoms with Gasteiger partial charge in [-0.3, -0.25) is 24.0 Å². The van der Waals surface area contributed by atoms with Crippen molar-refractivity contribution < 1.29 is 33.4 Å². The highest BCUT2D eigenvalue weighted by Crippen LogP contribution is 2.22. The van der Waals surface area contributed by atoms with E-state index in [2.05, 4.69) is 21.3 Å². The molecule has 258 valence electrons. The van der Waals surface area contributed by atoms with Crippen molar-refractivity contribution in [3.63, 3.8) is 0 Å². The number of ether oxygens (including phenoxy) is 2. The van der Waals surface area contributed by atoms with Gasteiger partial charge >= 0.3 is 0 Å². The molecule has 0 saturated carbocycles. The van der Waals surface area contributed by atoms with Gasteiger partial charge in [-0.05, 0) is 61.2 Å². The highest BCUT2D eigenvalue weighted by Gasteiger charge is 2.38. The molecule has 0 aliphatic carbocycles. The molecule has 5 rings (SSSR count). The normalized spacial score (nSPS) is 20.7. The van der Waals surface area contributed by atoms with Crippen LogP contribution in [0.25, 0.3) is 0 Å². The van der Waals surface area contributed by atoms with Crippen molar-refractivity contribution in [1.82, 2.24) is 26.2 Å². The Kier molecular flexibility index (Phi) is 12.5. The Morgan fingerprint density at radius 2 is 1.67 bits per heavy atom. The van der Waals surface area contributed by atoms with Gasteiger partial charge in [-0.1, -0.05) is 54.1 Å². The lowest BCUT2D eigenvalue weighted by atomic mass is 10.0. The number of benzene rings is 3. The molecule has 0 aromatic heterocycles. The van der Waals surface area contributed by atoms with Crippen LogP contribution in [0.4, 0.5) is 0 Å². The largest absolute Gasteiger partial charge is 0.493 e. The molecule has 3 aromatic rings. The predicted molar refractivity (Wildman–Crippen MR) is 182 cm³/mol. The van der Waals surface area contributed by atoms with Crippen molar-refractivity contribution in [2.45, 2.75) is 50.2 Å². The van der Waals surface area contributed by atoms with E-state index in [1.165, 1.54) is 4.90 Å². The number of nitrogens with one attached hydrogen (secondary N) is 4. The molecule has 12 nitrogen and oxygen atoms in total. The van der Waals surface area contributed by atoms with Gasteiger partial charge in [0.05, 0.1) is 25.1 Å². The lowest BCUT2D eigenvalue weighted by Crippen LogP contribution is -2.55. The van der Waals surface area contributed by atoms with Crippen LogP contribution in [0.5, 0.6) is 11.5 Å². The minimum atomic E-state index is -1.26. The summed E-state index contributed by atoms with van der Waals surface area (Å²) in [5.74, 6) is -1.62. The molecule has 3 aromatic carbocycles. The molecule has 0 radical (unpaired) electrons. The molecule has 0 bridgehead atoms. The number of carbonyl (C=O) groups is 5. The Hall–Kier alpha value is -5.10. The van der Waals surface area contributed by atoms with Crippen LogP contribution in [0, 0.1) is 0 Å². The number of amides is 5. The van der Waals surface area contributed by atoms with Crippen LogP contribution in [0.2, 0.25) is 5.02 Å². The first-order valence-electron chi connectivity index (χ1n) is 16.4. The number of carbonyl (C=O) groups excluding carboxylic acids is 5. The fraction of sp³-hybridized carbons (Fsp3) is 0.361. The van der Waals surface area contributed by atoms with E-state index in [9.17, 15) is 24.0 Å². The maximum Gasteiger partial charge on any atom is 0.255 e. The first-order chi connectivity index (χ1) is 23.8. The molecular weight excluding hydrogens is 650 g/mol. The number of fused-ring (bicyclic) bond motifs is 2. The van der Waals surface area contributed by atoms with Crippen molar-refractivity contribution in [1.29, 1.82) is 0 Å². The summed E-state index contributed by atoms with van der Waals surface area (Å²) in [6.07, 6.45) is 1.26. The quantitative estimate of drug-likeness (QED) is 0.278. The van der Waals surface area contributed by atoms with Gasteiger partial charge in [-0.25, -0.2) is 0 Å². The van der Waals surface area contributed by atoms with E-state index in [4.69, 9.17) is 21.1 Å². The Bertz CT molecular complexity index is 1620. The highest BCUT2D eigenvalue weighted by atomic mass is 35.5. The smallest absolute Gasteiger partial charge is 0.255 e. The summed E-state index contributed by atoms with van der Waals surface area (Å²) in [6.45, 7) is 0.978. The molecule has 3 atom stereocenters. The number of para-hydroxylation sites is 1. The van der Waals surface area contributed by atoms with E-state index in [-0.39, 0.29) is 44.2 Å². The summed E-state index contributed by atoms with van der Waals surface area (Å²) in [7, 11) is 0. The molecule has 1 fully saturated rings. The lowest BCUT2D eigenvalue weighted by Gasteiger charge is -2.28. The van der Waals surface area contributed by atoms with E-state index in [0.29, 0.717) is 42.3 Å². The van der Waals surface area contributed by atoms with E-state index in [1.54, 1.807) is 48.5 Å². The van der Waals surface area contributed by atoms with Crippen molar-refractivity contribution in [2.75, 3.05) is 32.8 Å². The van der Waals surface area contributed by atoms with Crippen molar-refractivity contribution in [3.05, 3.63) is 95.0 Å². The number of hydrogen-bond donors (Lipinski definition) is 4. The Morgan fingerprint density at radius 3 is 2.47 bits per heavy atom. The van der Waals surface area contributed by atoms with Crippen LogP contribution in [0.3, 0.4) is 0 Å². The third-order valence-corrected chi connectivity index (χ3v) is 8.54. The zero-order valence-electron chi connectivity index (χ0n) is 27.0. The lowest BCUT2D eigenvalue weighted by molar-refractivity contribution is -0.140. The average Bonchev–Trinajstić information content (AvgIpc) is 3.61. The van der Waals surface area contributed by atoms with E-state index >= 15 is 0 Å². The van der Waals surface area contributed by atoms with Crippen LogP contribution in [-0.4, -0.2) is 85.4 Å². The number of rotatable bonds is 7. The van der Waals surface area contributed by atoms with Crippen LogP contribution in [0.1, 0.15) is 41.6 Å². The van der Waals surface area contributed by atoms with Crippen LogP contribution in [0.15, 0.2) is 78.9 Å². The predicted octanol–water partition coefficient (Wildman–Crippen LogP) is 2.64. The molecule has 0 spiro atoms. The molecule has 2 aliphatic rings. The van der Waals surface area contributed by atoms with Crippen molar-refractivity contribution in [3.8, 4) is 11.5 Å². The third-order valence-electron chi connectivity index (χ3n) is 8.29. The zero-order valence-corrected chi connectivity index (χ0v) is 27.7. The molecule has 49 heavy (non-hydrogen) atoms. The molecular formula is C36H40ClN5O7. The van der Waals surface area contributed by atoms with Crippen LogP contribution in [-0.2, 0) is 25.6 Å². The summed E-state index contributed by atoms with van der Waals surface area (Å²) in [5.41, 5.74) is 1.05. The molecule has 1 saturated heterocycles. The van der Waals surface area contributed by atoms with Gasteiger partial charge < -0.3 is 35.6 Å². The van der Waals surface area contributed by atoms with Gasteiger partial charge in [0.25, 0.3) is 5.91 Å². The van der Waals surface area contributed by atoms with Gasteiger partial charge in [-0.15, -0.1) is 0 Å². The SMILES string of the molecule is O=C1N[C@H](C(=O)NCCOc2ccc(Cl)cc2)CC(=O)N2CCC[C@@H]2C(=O)N[C@@H](Cc2ccccc2)C(=O)NCCCOc2ccccc21. The van der Waals surface area contributed by atoms with Gasteiger partial charge in [0, 0.05) is 24.5 Å². The molecule has 2 aliphatic heterocycles. The Morgan fingerprint density at radius 1 is 0.918 bits per heavy atom. The zero-order chi connectivity index (χ0) is 34.6. The Balaban J connectivity index is 1.34. The van der Waals surface area contributed by atoms with Crippen LogP contribution >= 0.6 is 11.6 Å². The summed E-state index contributed by atoms with van der Waals surface area (Å²) in [6, 6.07) is 19.8. The first kappa shape index (κ1) is 35.2. The Labute approximate surface area is 289 Å². The minimum Gasteiger partial charge on any atom is -0.493 e. The minimum absolute atomic E-state index is 0.0985. The van der Waals surface area contributed by atoms with E-state index < -0.39 is 48.2 Å². The number of hydrogen-bond acceptors (Lipinski definition) is 7. The second-order valence-corrected chi connectivity index (χ2v) is 12.2. The maximum absolute atomic E-state index is 13.8. The topological polar surface area (TPSA) is 155 Å². The number of nitrogens with zero attached hydrogens (tertiary/aromatic N) is 1. The molecule has 2 heterocycles. The van der Waals surface area contributed by atoms with Gasteiger partial charge in [0.1, 0.15) is 36.2 Å². The molecule has 13 heteroatoms. The molecule has 4 N–H and O–H groups in total. The van der Waals surface area contributed by atoms with E-state index in [0.717, 1.165) is 5.56 Å². The maximum atomic E-state index is 13.8. The van der Waals surface area contributed by atoms with Gasteiger partial charge in [-0.2, -0.15) is 0 Å². The molecule has 5 amide bonds. The average molecular weight is 690 g/mol. The first-order valence-corrected chi connectivity index (χ1v) is 16.8. The molecule has 0 unspecified atom stereocenters.